The molecule has 0 aliphatic carbocycles. The molecule has 3 nitrogen and oxygen atoms in total. The molecule has 0 heterocycles. The Morgan fingerprint density at radius 1 is 1.00 bits per heavy atom. The molecule has 0 spiro atoms. The van der Waals surface area contributed by atoms with Crippen LogP contribution in [-0.2, 0) is 9.53 Å². The van der Waals surface area contributed by atoms with E-state index < -0.39 is 42.4 Å². The summed E-state index contributed by atoms with van der Waals surface area (Å²) >= 11 is 5.58. The molecule has 24 heavy (non-hydrogen) atoms. The Morgan fingerprint density at radius 2 is 1.46 bits per heavy atom. The quantitative estimate of drug-likeness (QED) is 0.429. The summed E-state index contributed by atoms with van der Waals surface area (Å²) in [5.41, 5.74) is -4.89. The van der Waals surface area contributed by atoms with Gasteiger partial charge in [-0.15, -0.1) is 0 Å². The molecule has 0 N–H and O–H groups in total. The lowest BCUT2D eigenvalue weighted by atomic mass is 9.80. The summed E-state index contributed by atoms with van der Waals surface area (Å²) in [6, 6.07) is 4.84. The maximum absolute atomic E-state index is 13.1. The van der Waals surface area contributed by atoms with Crippen molar-refractivity contribution < 1.29 is 40.7 Å². The van der Waals surface area contributed by atoms with Gasteiger partial charge in [-0.2, -0.15) is 26.3 Å². The van der Waals surface area contributed by atoms with Gasteiger partial charge in [-0.25, -0.2) is 0 Å². The Balaban J connectivity index is 3.16. The Hall–Kier alpha value is -1.77. The maximum atomic E-state index is 13.1. The van der Waals surface area contributed by atoms with Gasteiger partial charge < -0.3 is 4.74 Å². The predicted octanol–water partition coefficient (Wildman–Crippen LogP) is 4.59. The summed E-state index contributed by atoms with van der Waals surface area (Å²) in [5.74, 6) is -3.50. The first-order valence-electron chi connectivity index (χ1n) is 6.37. The average molecular weight is 377 g/mol. The van der Waals surface area contributed by atoms with Crippen molar-refractivity contribution in [3.63, 3.8) is 0 Å². The van der Waals surface area contributed by atoms with E-state index in [0.717, 1.165) is 12.1 Å². The molecule has 10 heteroatoms. The number of methoxy groups -OCH3 is 1. The number of carbonyl (C=O) groups excluding carboxylic acids is 2. The molecule has 0 amide bonds. The number of carbonyl (C=O) groups is 2. The number of Topliss-reactive ketones (excluding diaryl/α,β-unsaturated/α-hetero) is 1. The Labute approximate surface area is 137 Å². The summed E-state index contributed by atoms with van der Waals surface area (Å²) < 4.78 is 82.1. The van der Waals surface area contributed by atoms with Crippen LogP contribution >= 0.6 is 11.6 Å². The van der Waals surface area contributed by atoms with E-state index in [1.165, 1.54) is 12.1 Å². The molecular weight excluding hydrogens is 366 g/mol. The number of rotatable bonds is 5. The Morgan fingerprint density at radius 3 is 1.83 bits per heavy atom. The van der Waals surface area contributed by atoms with Crippen molar-refractivity contribution in [2.75, 3.05) is 7.11 Å². The number of ketones is 1. The van der Waals surface area contributed by atoms with Crippen molar-refractivity contribution in [3.05, 3.63) is 34.9 Å². The van der Waals surface area contributed by atoms with Crippen LogP contribution in [0.5, 0.6) is 0 Å². The van der Waals surface area contributed by atoms with Crippen LogP contribution < -0.4 is 0 Å². The highest BCUT2D eigenvalue weighted by molar-refractivity contribution is 6.30. The van der Waals surface area contributed by atoms with E-state index >= 15 is 0 Å². The highest BCUT2D eigenvalue weighted by atomic mass is 35.5. The highest BCUT2D eigenvalue weighted by Crippen LogP contribution is 2.54. The zero-order valence-corrected chi connectivity index (χ0v) is 12.9. The summed E-state index contributed by atoms with van der Waals surface area (Å²) in [7, 11) is 0.412. The van der Waals surface area contributed by atoms with Gasteiger partial charge in [0.05, 0.1) is 7.11 Å². The van der Waals surface area contributed by atoms with E-state index in [1.807, 2.05) is 0 Å². The smallest absolute Gasteiger partial charge is 0.413 e. The van der Waals surface area contributed by atoms with Crippen molar-refractivity contribution in [3.8, 4) is 0 Å². The van der Waals surface area contributed by atoms with E-state index in [9.17, 15) is 35.9 Å². The molecule has 1 aromatic rings. The van der Waals surface area contributed by atoms with E-state index in [-0.39, 0.29) is 10.6 Å². The van der Waals surface area contributed by atoms with Gasteiger partial charge in [0, 0.05) is 17.0 Å². The number of ether oxygens (including phenoxy) is 1. The summed E-state index contributed by atoms with van der Waals surface area (Å²) in [4.78, 5) is 23.2. The Kier molecular flexibility index (Phi) is 5.91. The van der Waals surface area contributed by atoms with Crippen LogP contribution in [0.25, 0.3) is 0 Å². The van der Waals surface area contributed by atoms with Crippen molar-refractivity contribution >= 4 is 23.4 Å². The molecule has 0 aliphatic rings. The van der Waals surface area contributed by atoms with Gasteiger partial charge in [-0.05, 0) is 30.7 Å². The second-order valence-electron chi connectivity index (χ2n) is 4.82. The third kappa shape index (κ3) is 3.82. The average Bonchev–Trinajstić information content (AvgIpc) is 2.45. The molecule has 0 fully saturated rings. The van der Waals surface area contributed by atoms with E-state index in [1.54, 1.807) is 0 Å². The molecule has 0 aliphatic heterocycles. The number of alkyl halides is 6. The SMILES string of the molecule is COC(=O)C(CCC(=O)c1ccc(Cl)cc1)(C(F)(F)F)C(F)(F)F. The van der Waals surface area contributed by atoms with E-state index in [4.69, 9.17) is 11.6 Å². The highest BCUT2D eigenvalue weighted by Gasteiger charge is 2.76. The van der Waals surface area contributed by atoms with Gasteiger partial charge in [-0.3, -0.25) is 9.59 Å². The standard InChI is InChI=1S/C14H11ClF6O3/c1-24-11(23)12(13(16,17)18,14(19,20)21)7-6-10(22)8-2-4-9(15)5-3-8/h2-5H,6-7H2,1H3. The monoisotopic (exact) mass is 376 g/mol. The summed E-state index contributed by atoms with van der Waals surface area (Å²) in [5, 5.41) is 0.237. The van der Waals surface area contributed by atoms with Gasteiger partial charge in [0.25, 0.3) is 5.41 Å². The van der Waals surface area contributed by atoms with Gasteiger partial charge in [0.1, 0.15) is 0 Å². The first-order valence-corrected chi connectivity index (χ1v) is 6.75. The third-order valence-corrected chi connectivity index (χ3v) is 3.65. The van der Waals surface area contributed by atoms with E-state index in [0.29, 0.717) is 7.11 Å². The number of hydrogen-bond acceptors (Lipinski definition) is 3. The number of halogens is 7. The van der Waals surface area contributed by atoms with Crippen LogP contribution in [0, 0.1) is 5.41 Å². The third-order valence-electron chi connectivity index (χ3n) is 3.39. The molecule has 0 bridgehead atoms. The first-order chi connectivity index (χ1) is 10.9. The van der Waals surface area contributed by atoms with Gasteiger partial charge in [0.15, 0.2) is 5.78 Å². The molecule has 1 aromatic carbocycles. The van der Waals surface area contributed by atoms with Crippen LogP contribution in [0.4, 0.5) is 26.3 Å². The van der Waals surface area contributed by atoms with Crippen LogP contribution in [0.3, 0.4) is 0 Å². The lowest BCUT2D eigenvalue weighted by molar-refractivity contribution is -0.333. The molecular formula is C14H11ClF6O3. The molecule has 0 radical (unpaired) electrons. The summed E-state index contributed by atoms with van der Waals surface area (Å²) in [6.07, 6.45) is -14.9. The number of hydrogen-bond donors (Lipinski definition) is 0. The van der Waals surface area contributed by atoms with Crippen LogP contribution in [0.2, 0.25) is 5.02 Å². The molecule has 1 rings (SSSR count). The predicted molar refractivity (Wildman–Crippen MR) is 71.6 cm³/mol. The summed E-state index contributed by atoms with van der Waals surface area (Å²) in [6.45, 7) is 0. The molecule has 0 saturated carbocycles. The zero-order valence-electron chi connectivity index (χ0n) is 12.1. The normalized spacial score (nSPS) is 12.8. The second-order valence-corrected chi connectivity index (χ2v) is 5.26. The fourth-order valence-corrected chi connectivity index (χ4v) is 2.16. The van der Waals surface area contributed by atoms with Crippen LogP contribution in [0.1, 0.15) is 23.2 Å². The minimum atomic E-state index is -5.97. The minimum absolute atomic E-state index is 0.123. The van der Waals surface area contributed by atoms with Gasteiger partial charge >= 0.3 is 18.3 Å². The second kappa shape index (κ2) is 7.00. The fourth-order valence-electron chi connectivity index (χ4n) is 2.03. The Bertz CT molecular complexity index is 592. The zero-order chi connectivity index (χ0) is 18.8. The van der Waals surface area contributed by atoms with Crippen molar-refractivity contribution in [2.45, 2.75) is 25.2 Å². The van der Waals surface area contributed by atoms with Crippen molar-refractivity contribution in [2.24, 2.45) is 5.41 Å². The van der Waals surface area contributed by atoms with Crippen LogP contribution in [0.15, 0.2) is 24.3 Å². The van der Waals surface area contributed by atoms with Gasteiger partial charge in [-0.1, -0.05) is 11.6 Å². The van der Waals surface area contributed by atoms with Crippen molar-refractivity contribution in [1.82, 2.24) is 0 Å². The first kappa shape index (κ1) is 20.3. The van der Waals surface area contributed by atoms with Crippen LogP contribution in [-0.4, -0.2) is 31.2 Å². The lowest BCUT2D eigenvalue weighted by Crippen LogP contribution is -2.56. The number of esters is 1. The molecule has 0 aromatic heterocycles. The topological polar surface area (TPSA) is 43.4 Å². The molecule has 134 valence electrons. The maximum Gasteiger partial charge on any atom is 0.413 e. The molecule has 0 atom stereocenters. The number of benzene rings is 1. The van der Waals surface area contributed by atoms with E-state index in [2.05, 4.69) is 4.74 Å². The lowest BCUT2D eigenvalue weighted by Gasteiger charge is -2.34. The largest absolute Gasteiger partial charge is 0.468 e. The fraction of sp³-hybridized carbons (Fsp3) is 0.429. The molecule has 0 unspecified atom stereocenters. The molecule has 0 saturated heterocycles. The van der Waals surface area contributed by atoms with Gasteiger partial charge in [0.2, 0.25) is 0 Å². The van der Waals surface area contributed by atoms with Crippen molar-refractivity contribution in [1.29, 1.82) is 0 Å². The minimum Gasteiger partial charge on any atom is -0.468 e.